The third-order valence-electron chi connectivity index (χ3n) is 3.64. The summed E-state index contributed by atoms with van der Waals surface area (Å²) in [7, 11) is -3.72. The summed E-state index contributed by atoms with van der Waals surface area (Å²) in [5.74, 6) is 0.0886. The minimum atomic E-state index is -3.72. The number of sulfonamides is 1. The predicted octanol–water partition coefficient (Wildman–Crippen LogP) is 2.38. The maximum Gasteiger partial charge on any atom is 0.243 e. The quantitative estimate of drug-likeness (QED) is 0.946. The first-order valence-corrected chi connectivity index (χ1v) is 8.21. The maximum absolute atomic E-state index is 13.3. The van der Waals surface area contributed by atoms with Gasteiger partial charge in [-0.1, -0.05) is 6.07 Å². The van der Waals surface area contributed by atoms with Gasteiger partial charge >= 0.3 is 0 Å². The lowest BCUT2D eigenvalue weighted by Crippen LogP contribution is -2.31. The number of aromatic amines is 1. The Morgan fingerprint density at radius 1 is 1.43 bits per heavy atom. The van der Waals surface area contributed by atoms with Gasteiger partial charge < -0.3 is 4.98 Å². The maximum atomic E-state index is 13.3. The van der Waals surface area contributed by atoms with Crippen molar-refractivity contribution in [2.75, 3.05) is 6.54 Å². The van der Waals surface area contributed by atoms with Crippen LogP contribution >= 0.6 is 0 Å². The first kappa shape index (κ1) is 14.2. The average Bonchev–Trinajstić information content (AvgIpc) is 3.07. The molecule has 2 heterocycles. The Bertz CT molecular complexity index is 757. The molecule has 3 rings (SSSR count). The van der Waals surface area contributed by atoms with Crippen LogP contribution in [-0.4, -0.2) is 29.2 Å². The van der Waals surface area contributed by atoms with E-state index in [2.05, 4.69) is 9.97 Å². The van der Waals surface area contributed by atoms with Gasteiger partial charge in [0, 0.05) is 18.4 Å². The Balaban J connectivity index is 1.98. The van der Waals surface area contributed by atoms with Gasteiger partial charge in [0.05, 0.1) is 10.9 Å². The van der Waals surface area contributed by atoms with Gasteiger partial charge in [0.1, 0.15) is 11.6 Å². The van der Waals surface area contributed by atoms with Crippen LogP contribution in [0.15, 0.2) is 35.4 Å². The zero-order valence-corrected chi connectivity index (χ0v) is 12.4. The summed E-state index contributed by atoms with van der Waals surface area (Å²) in [4.78, 5) is 7.31. The van der Waals surface area contributed by atoms with Crippen LogP contribution < -0.4 is 0 Å². The standard InChI is InChI=1S/C14H16FN3O2S/c1-10-9-16-14(17-10)13-6-3-7-18(13)21(19,20)12-5-2-4-11(15)8-12/h2,4-5,8-9,13H,3,6-7H2,1H3,(H,16,17)/t13-/m1/s1. The second-order valence-corrected chi connectivity index (χ2v) is 7.07. The number of H-pyrrole nitrogens is 1. The Hall–Kier alpha value is -1.73. The molecule has 0 amide bonds. The fourth-order valence-electron chi connectivity index (χ4n) is 2.67. The van der Waals surface area contributed by atoms with E-state index in [0.29, 0.717) is 18.8 Å². The van der Waals surface area contributed by atoms with Crippen LogP contribution in [0, 0.1) is 12.7 Å². The summed E-state index contributed by atoms with van der Waals surface area (Å²) in [6.45, 7) is 2.29. The van der Waals surface area contributed by atoms with Gasteiger partial charge in [-0.15, -0.1) is 0 Å². The molecule has 0 bridgehead atoms. The van der Waals surface area contributed by atoms with Crippen molar-refractivity contribution in [2.24, 2.45) is 0 Å². The van der Waals surface area contributed by atoms with Crippen molar-refractivity contribution >= 4 is 10.0 Å². The van der Waals surface area contributed by atoms with Gasteiger partial charge in [0.2, 0.25) is 10.0 Å². The molecule has 1 aliphatic heterocycles. The predicted molar refractivity (Wildman–Crippen MR) is 75.6 cm³/mol. The number of hydrogen-bond donors (Lipinski definition) is 1. The first-order valence-electron chi connectivity index (χ1n) is 6.77. The molecule has 1 atom stereocenters. The lowest BCUT2D eigenvalue weighted by atomic mass is 10.2. The SMILES string of the molecule is Cc1cnc([C@H]2CCCN2S(=O)(=O)c2cccc(F)c2)[nH]1. The van der Waals surface area contributed by atoms with Crippen LogP contribution in [0.2, 0.25) is 0 Å². The fourth-order valence-corrected chi connectivity index (χ4v) is 4.36. The highest BCUT2D eigenvalue weighted by molar-refractivity contribution is 7.89. The van der Waals surface area contributed by atoms with Crippen molar-refractivity contribution in [3.8, 4) is 0 Å². The number of nitrogens with one attached hydrogen (secondary N) is 1. The fraction of sp³-hybridized carbons (Fsp3) is 0.357. The molecular formula is C14H16FN3O2S. The third kappa shape index (κ3) is 2.58. The molecule has 1 fully saturated rings. The van der Waals surface area contributed by atoms with E-state index < -0.39 is 15.8 Å². The van der Waals surface area contributed by atoms with Crippen molar-refractivity contribution < 1.29 is 12.8 Å². The van der Waals surface area contributed by atoms with Crippen molar-refractivity contribution in [1.82, 2.24) is 14.3 Å². The zero-order valence-electron chi connectivity index (χ0n) is 11.6. The van der Waals surface area contributed by atoms with Crippen LogP contribution in [0.3, 0.4) is 0 Å². The number of imidazole rings is 1. The third-order valence-corrected chi connectivity index (χ3v) is 5.55. The molecule has 2 aromatic rings. The molecule has 1 saturated heterocycles. The lowest BCUT2D eigenvalue weighted by Gasteiger charge is -2.22. The van der Waals surface area contributed by atoms with E-state index in [1.807, 2.05) is 6.92 Å². The van der Waals surface area contributed by atoms with E-state index >= 15 is 0 Å². The highest BCUT2D eigenvalue weighted by Crippen LogP contribution is 2.35. The van der Waals surface area contributed by atoms with Gasteiger partial charge in [0.25, 0.3) is 0 Å². The molecule has 0 unspecified atom stereocenters. The van der Waals surface area contributed by atoms with E-state index in [1.54, 1.807) is 6.20 Å². The highest BCUT2D eigenvalue weighted by Gasteiger charge is 2.37. The van der Waals surface area contributed by atoms with Gasteiger partial charge in [-0.05, 0) is 38.0 Å². The van der Waals surface area contributed by atoms with E-state index in [-0.39, 0.29) is 10.9 Å². The minimum Gasteiger partial charge on any atom is -0.345 e. The summed E-state index contributed by atoms with van der Waals surface area (Å²) >= 11 is 0. The smallest absolute Gasteiger partial charge is 0.243 e. The Kier molecular flexibility index (Phi) is 3.54. The topological polar surface area (TPSA) is 66.1 Å². The summed E-state index contributed by atoms with van der Waals surface area (Å²) in [6, 6.07) is 4.80. The number of hydrogen-bond acceptors (Lipinski definition) is 3. The van der Waals surface area contributed by atoms with E-state index in [4.69, 9.17) is 0 Å². The molecule has 1 aliphatic rings. The lowest BCUT2D eigenvalue weighted by molar-refractivity contribution is 0.384. The second-order valence-electron chi connectivity index (χ2n) is 5.18. The van der Waals surface area contributed by atoms with E-state index in [1.165, 1.54) is 22.5 Å². The molecule has 0 radical (unpaired) electrons. The molecular weight excluding hydrogens is 293 g/mol. The number of nitrogens with zero attached hydrogens (tertiary/aromatic N) is 2. The normalized spacial score (nSPS) is 20.0. The largest absolute Gasteiger partial charge is 0.345 e. The molecule has 5 nitrogen and oxygen atoms in total. The molecule has 7 heteroatoms. The Morgan fingerprint density at radius 2 is 2.24 bits per heavy atom. The number of aryl methyl sites for hydroxylation is 1. The molecule has 0 saturated carbocycles. The molecule has 1 aromatic carbocycles. The van der Waals surface area contributed by atoms with Gasteiger partial charge in [-0.3, -0.25) is 0 Å². The second kappa shape index (κ2) is 5.23. The Labute approximate surface area is 122 Å². The first-order chi connectivity index (χ1) is 9.98. The monoisotopic (exact) mass is 309 g/mol. The Morgan fingerprint density at radius 3 is 2.90 bits per heavy atom. The molecule has 1 aromatic heterocycles. The highest BCUT2D eigenvalue weighted by atomic mass is 32.2. The molecule has 0 spiro atoms. The number of benzene rings is 1. The van der Waals surface area contributed by atoms with Crippen LogP contribution in [0.25, 0.3) is 0 Å². The summed E-state index contributed by atoms with van der Waals surface area (Å²) in [6.07, 6.45) is 3.15. The van der Waals surface area contributed by atoms with Crippen LogP contribution in [-0.2, 0) is 10.0 Å². The van der Waals surface area contributed by atoms with Crippen molar-refractivity contribution in [1.29, 1.82) is 0 Å². The molecule has 21 heavy (non-hydrogen) atoms. The van der Waals surface area contributed by atoms with Crippen LogP contribution in [0.1, 0.15) is 30.4 Å². The van der Waals surface area contributed by atoms with Gasteiger partial charge in [0.15, 0.2) is 0 Å². The minimum absolute atomic E-state index is 0.0160. The number of aromatic nitrogens is 2. The van der Waals surface area contributed by atoms with Crippen LogP contribution in [0.5, 0.6) is 0 Å². The zero-order chi connectivity index (χ0) is 15.0. The van der Waals surface area contributed by atoms with Crippen molar-refractivity contribution in [3.63, 3.8) is 0 Å². The molecule has 0 aliphatic carbocycles. The molecule has 112 valence electrons. The van der Waals surface area contributed by atoms with Gasteiger partial charge in [-0.2, -0.15) is 4.31 Å². The number of rotatable bonds is 3. The van der Waals surface area contributed by atoms with E-state index in [0.717, 1.165) is 18.2 Å². The van der Waals surface area contributed by atoms with Crippen LogP contribution in [0.4, 0.5) is 4.39 Å². The van der Waals surface area contributed by atoms with Crippen molar-refractivity contribution in [3.05, 3.63) is 47.8 Å². The van der Waals surface area contributed by atoms with Crippen molar-refractivity contribution in [2.45, 2.75) is 30.7 Å². The van der Waals surface area contributed by atoms with Gasteiger partial charge in [-0.25, -0.2) is 17.8 Å². The molecule has 1 N–H and O–H groups in total. The number of halogens is 1. The average molecular weight is 309 g/mol. The summed E-state index contributed by atoms with van der Waals surface area (Å²) in [5, 5.41) is 0. The van der Waals surface area contributed by atoms with E-state index in [9.17, 15) is 12.8 Å². The summed E-state index contributed by atoms with van der Waals surface area (Å²) in [5.41, 5.74) is 0.889. The summed E-state index contributed by atoms with van der Waals surface area (Å²) < 4.78 is 40.1.